The topological polar surface area (TPSA) is 66.8 Å². The normalized spacial score (nSPS) is 34.9. The maximum atomic E-state index is 11.5. The molecule has 0 unspecified atom stereocenters. The number of halogens is 2. The van der Waals surface area contributed by atoms with Crippen LogP contribution in [0.15, 0.2) is 22.8 Å². The Kier molecular flexibility index (Phi) is 4.02. The summed E-state index contributed by atoms with van der Waals surface area (Å²) < 4.78 is 4.47. The Balaban J connectivity index is 3.31. The second-order valence-electron chi connectivity index (χ2n) is 3.37. The van der Waals surface area contributed by atoms with Gasteiger partial charge in [0.05, 0.1) is 12.1 Å². The van der Waals surface area contributed by atoms with E-state index < -0.39 is 23.1 Å². The minimum Gasteiger partial charge on any atom is -0.467 e. The lowest BCUT2D eigenvalue weighted by Gasteiger charge is -2.25. The fraction of sp³-hybridized carbons (Fsp3) is 0.500. The van der Waals surface area contributed by atoms with Crippen molar-refractivity contribution >= 4 is 29.2 Å². The van der Waals surface area contributed by atoms with Crippen LogP contribution in [-0.2, 0) is 9.53 Å². The van der Waals surface area contributed by atoms with Crippen molar-refractivity contribution < 1.29 is 19.7 Å². The van der Waals surface area contributed by atoms with Gasteiger partial charge in [0.25, 0.3) is 0 Å². The number of ether oxygens (including phenoxy) is 1. The summed E-state index contributed by atoms with van der Waals surface area (Å²) in [6.07, 6.45) is 1.71. The number of hydrogen-bond donors (Lipinski definition) is 2. The van der Waals surface area contributed by atoms with Crippen molar-refractivity contribution in [3.8, 4) is 0 Å². The first-order valence-electron chi connectivity index (χ1n) is 4.57. The zero-order chi connectivity index (χ0) is 12.5. The lowest BCUT2D eigenvalue weighted by molar-refractivity contribution is -0.158. The Morgan fingerprint density at radius 3 is 2.62 bits per heavy atom. The number of carbonyl (C=O) groups excluding carboxylic acids is 1. The minimum absolute atomic E-state index is 0.0500. The Bertz CT molecular complexity index is 364. The van der Waals surface area contributed by atoms with Crippen molar-refractivity contribution in [1.29, 1.82) is 0 Å². The van der Waals surface area contributed by atoms with Crippen molar-refractivity contribution in [2.45, 2.75) is 24.0 Å². The molecule has 0 saturated heterocycles. The molecule has 0 aliphatic heterocycles. The standard InChI is InChI=1S/C10H12Cl2O4/c1-3-4-5-6(11)7(13)8(12)10(5,15)9(14)16-2/h3-4,7-8,13,15H,1-2H3/b4-3+/t7-,8-,10-/m1/s1. The molecular formula is C10H12Cl2O4. The summed E-state index contributed by atoms with van der Waals surface area (Å²) in [5, 5.41) is 18.5. The van der Waals surface area contributed by atoms with Gasteiger partial charge in [0.15, 0.2) is 0 Å². The van der Waals surface area contributed by atoms with Crippen LogP contribution in [0.4, 0.5) is 0 Å². The van der Waals surface area contributed by atoms with E-state index in [0.29, 0.717) is 0 Å². The molecule has 1 aliphatic carbocycles. The molecule has 0 fully saturated rings. The lowest BCUT2D eigenvalue weighted by Crippen LogP contribution is -2.49. The van der Waals surface area contributed by atoms with Gasteiger partial charge >= 0.3 is 5.97 Å². The highest BCUT2D eigenvalue weighted by Crippen LogP contribution is 2.42. The van der Waals surface area contributed by atoms with E-state index in [0.717, 1.165) is 7.11 Å². The number of methoxy groups -OCH3 is 1. The molecule has 1 rings (SSSR count). The van der Waals surface area contributed by atoms with Gasteiger partial charge < -0.3 is 14.9 Å². The van der Waals surface area contributed by atoms with Gasteiger partial charge in [-0.1, -0.05) is 23.8 Å². The molecule has 2 N–H and O–H groups in total. The molecule has 0 aromatic carbocycles. The van der Waals surface area contributed by atoms with Crippen molar-refractivity contribution in [2.75, 3.05) is 7.11 Å². The van der Waals surface area contributed by atoms with Crippen LogP contribution in [0.3, 0.4) is 0 Å². The third kappa shape index (κ3) is 1.76. The van der Waals surface area contributed by atoms with E-state index in [4.69, 9.17) is 23.2 Å². The molecule has 0 saturated carbocycles. The van der Waals surface area contributed by atoms with E-state index in [2.05, 4.69) is 4.74 Å². The molecular weight excluding hydrogens is 255 g/mol. The van der Waals surface area contributed by atoms with Gasteiger partial charge in [-0.3, -0.25) is 0 Å². The smallest absolute Gasteiger partial charge is 0.344 e. The molecule has 1 aliphatic rings. The molecule has 6 heteroatoms. The molecule has 0 aromatic heterocycles. The van der Waals surface area contributed by atoms with Crippen molar-refractivity contribution in [3.05, 3.63) is 22.8 Å². The van der Waals surface area contributed by atoms with E-state index >= 15 is 0 Å². The van der Waals surface area contributed by atoms with Crippen molar-refractivity contribution in [3.63, 3.8) is 0 Å². The molecule has 3 atom stereocenters. The molecule has 0 bridgehead atoms. The van der Waals surface area contributed by atoms with E-state index in [9.17, 15) is 15.0 Å². The molecule has 0 heterocycles. The first-order valence-corrected chi connectivity index (χ1v) is 5.38. The molecule has 0 radical (unpaired) electrons. The number of esters is 1. The lowest BCUT2D eigenvalue weighted by atomic mass is 9.94. The van der Waals surface area contributed by atoms with E-state index in [1.165, 1.54) is 6.08 Å². The van der Waals surface area contributed by atoms with Crippen molar-refractivity contribution in [2.24, 2.45) is 0 Å². The summed E-state index contributed by atoms with van der Waals surface area (Å²) in [5.41, 5.74) is -2.05. The second-order valence-corrected chi connectivity index (χ2v) is 4.24. The quantitative estimate of drug-likeness (QED) is 0.577. The zero-order valence-corrected chi connectivity index (χ0v) is 10.3. The Hall–Kier alpha value is -0.550. The molecule has 90 valence electrons. The summed E-state index contributed by atoms with van der Waals surface area (Å²) in [6.45, 7) is 1.68. The van der Waals surface area contributed by atoms with Gasteiger partial charge in [-0.15, -0.1) is 11.6 Å². The maximum Gasteiger partial charge on any atom is 0.344 e. The van der Waals surface area contributed by atoms with E-state index in [-0.39, 0.29) is 10.6 Å². The summed E-state index contributed by atoms with van der Waals surface area (Å²) in [5.74, 6) is -0.949. The third-order valence-corrected chi connectivity index (χ3v) is 3.42. The second kappa shape index (κ2) is 4.75. The fourth-order valence-corrected chi connectivity index (χ4v) is 2.33. The number of hydrogen-bond acceptors (Lipinski definition) is 4. The first-order chi connectivity index (χ1) is 7.41. The number of allylic oxidation sites excluding steroid dienone is 1. The Labute approximate surface area is 103 Å². The first kappa shape index (κ1) is 13.5. The van der Waals surface area contributed by atoms with Crippen LogP contribution in [0.2, 0.25) is 0 Å². The van der Waals surface area contributed by atoms with Crippen LogP contribution >= 0.6 is 23.2 Å². The Morgan fingerprint density at radius 1 is 1.62 bits per heavy atom. The van der Waals surface area contributed by atoms with Crippen LogP contribution in [0, 0.1) is 0 Å². The van der Waals surface area contributed by atoms with Gasteiger partial charge in [0.2, 0.25) is 5.60 Å². The van der Waals surface area contributed by atoms with Crippen LogP contribution in [0.1, 0.15) is 6.92 Å². The van der Waals surface area contributed by atoms with Gasteiger partial charge in [-0.05, 0) is 6.92 Å². The zero-order valence-electron chi connectivity index (χ0n) is 8.78. The average Bonchev–Trinajstić information content (AvgIpc) is 2.44. The maximum absolute atomic E-state index is 11.5. The number of alkyl halides is 1. The number of aliphatic hydroxyl groups excluding tert-OH is 1. The van der Waals surface area contributed by atoms with Crippen molar-refractivity contribution in [1.82, 2.24) is 0 Å². The summed E-state index contributed by atoms with van der Waals surface area (Å²) >= 11 is 11.6. The minimum atomic E-state index is -2.11. The van der Waals surface area contributed by atoms with Gasteiger partial charge in [0.1, 0.15) is 11.5 Å². The largest absolute Gasteiger partial charge is 0.467 e. The third-order valence-electron chi connectivity index (χ3n) is 2.43. The molecule has 0 amide bonds. The summed E-state index contributed by atoms with van der Waals surface area (Å²) in [6, 6.07) is 0. The highest BCUT2D eigenvalue weighted by molar-refractivity contribution is 6.34. The monoisotopic (exact) mass is 266 g/mol. The fourth-order valence-electron chi connectivity index (χ4n) is 1.60. The SMILES string of the molecule is C/C=C/C1=C(Cl)[C@@H](O)[C@@H](Cl)[C@@]1(O)C(=O)OC. The van der Waals surface area contributed by atoms with E-state index in [1.54, 1.807) is 13.0 Å². The van der Waals surface area contributed by atoms with Crippen LogP contribution < -0.4 is 0 Å². The van der Waals surface area contributed by atoms with Crippen LogP contribution in [-0.4, -0.2) is 40.4 Å². The number of rotatable bonds is 2. The highest BCUT2D eigenvalue weighted by atomic mass is 35.5. The molecule has 4 nitrogen and oxygen atoms in total. The van der Waals surface area contributed by atoms with E-state index in [1.807, 2.05) is 0 Å². The highest BCUT2D eigenvalue weighted by Gasteiger charge is 2.56. The van der Waals surface area contributed by atoms with Crippen LogP contribution in [0.5, 0.6) is 0 Å². The average molecular weight is 267 g/mol. The van der Waals surface area contributed by atoms with Gasteiger partial charge in [0, 0.05) is 5.57 Å². The molecule has 16 heavy (non-hydrogen) atoms. The molecule has 0 aromatic rings. The number of carbonyl (C=O) groups is 1. The predicted octanol–water partition coefficient (Wildman–Crippen LogP) is 0.941. The van der Waals surface area contributed by atoms with Crippen LogP contribution in [0.25, 0.3) is 0 Å². The Morgan fingerprint density at radius 2 is 2.19 bits per heavy atom. The summed E-state index contributed by atoms with van der Waals surface area (Å²) in [4.78, 5) is 11.5. The van der Waals surface area contributed by atoms with Gasteiger partial charge in [-0.25, -0.2) is 4.79 Å². The number of aliphatic hydroxyl groups is 2. The molecule has 0 spiro atoms. The van der Waals surface area contributed by atoms with Gasteiger partial charge in [-0.2, -0.15) is 0 Å². The summed E-state index contributed by atoms with van der Waals surface area (Å²) in [7, 11) is 1.12. The predicted molar refractivity (Wildman–Crippen MR) is 60.3 cm³/mol.